The van der Waals surface area contributed by atoms with Crippen LogP contribution in [0.3, 0.4) is 0 Å². The quantitative estimate of drug-likeness (QED) is 0.136. The minimum Gasteiger partial charge on any atom is -0.480 e. The average molecular weight is 637 g/mol. The first kappa shape index (κ1) is 36.3. The number of carboxylic acid groups (broad SMARTS) is 1. The van der Waals surface area contributed by atoms with Crippen LogP contribution in [0, 0.1) is 5.41 Å². The fourth-order valence-electron chi connectivity index (χ4n) is 5.26. The number of nitrogens with one attached hydrogen (secondary N) is 1. The first-order valence-electron chi connectivity index (χ1n) is 15.4. The molecule has 0 bridgehead atoms. The smallest absolute Gasteiger partial charge is 0.408 e. The van der Waals surface area contributed by atoms with Crippen molar-refractivity contribution in [3.05, 3.63) is 59.9 Å². The summed E-state index contributed by atoms with van der Waals surface area (Å²) in [6.45, 7) is 19.8. The van der Waals surface area contributed by atoms with E-state index in [4.69, 9.17) is 13.9 Å². The van der Waals surface area contributed by atoms with E-state index in [0.717, 1.165) is 39.0 Å². The number of aryl methyl sites for hydroxylation is 1. The molecule has 1 aromatic carbocycles. The highest BCUT2D eigenvalue weighted by molar-refractivity contribution is 5.95. The van der Waals surface area contributed by atoms with Crippen molar-refractivity contribution >= 4 is 34.8 Å². The Morgan fingerprint density at radius 3 is 2.48 bits per heavy atom. The van der Waals surface area contributed by atoms with Gasteiger partial charge in [-0.3, -0.25) is 4.99 Å². The fourth-order valence-corrected chi connectivity index (χ4v) is 5.26. The van der Waals surface area contributed by atoms with Gasteiger partial charge in [-0.1, -0.05) is 26.5 Å². The Bertz CT molecular complexity index is 1620. The van der Waals surface area contributed by atoms with Crippen molar-refractivity contribution in [2.24, 2.45) is 10.4 Å². The number of hydrogen-bond acceptors (Lipinski definition) is 8. The van der Waals surface area contributed by atoms with E-state index in [0.29, 0.717) is 18.7 Å². The molecule has 0 aliphatic heterocycles. The van der Waals surface area contributed by atoms with Gasteiger partial charge in [0, 0.05) is 48.5 Å². The molecule has 0 unspecified atom stereocenters. The maximum atomic E-state index is 12.2. The number of aromatic nitrogens is 2. The Labute approximate surface area is 271 Å². The molecular weight excluding hydrogens is 588 g/mol. The van der Waals surface area contributed by atoms with Gasteiger partial charge in [0.25, 0.3) is 0 Å². The highest BCUT2D eigenvalue weighted by Gasteiger charge is 2.29. The number of nitrogens with zero attached hydrogens (tertiary/aromatic N) is 3. The maximum absolute atomic E-state index is 12.2. The number of oxazole rings is 1. The van der Waals surface area contributed by atoms with E-state index in [-0.39, 0.29) is 25.0 Å². The standard InChI is InChI=1S/C35H48N4O7/c1-11-23(30(36-12-2)21(4)44-10)31-25(18-35(8,9)20-40)24-16-22(14-15-27(24)39(31)13-3)28-19-37-29(45-28)17-26(32(41)42)38-33(43)46-34(5,6)7/h11-12,14-16,19,21,26,40H,1,13,17-18,20H2,2-10H3,(H,38,43)(H,41,42)/b30-23+,36-12?/t21-,26-/m0/s1. The summed E-state index contributed by atoms with van der Waals surface area (Å²) in [6, 6.07) is 4.67. The third kappa shape index (κ3) is 8.52. The van der Waals surface area contributed by atoms with Crippen molar-refractivity contribution in [3.63, 3.8) is 0 Å². The largest absolute Gasteiger partial charge is 0.480 e. The number of aliphatic carboxylic acids is 1. The Balaban J connectivity index is 2.17. The van der Waals surface area contributed by atoms with Crippen LogP contribution < -0.4 is 5.32 Å². The Hall–Kier alpha value is -4.22. The van der Waals surface area contributed by atoms with Crippen molar-refractivity contribution in [2.45, 2.75) is 92.5 Å². The molecular formula is C35H48N4O7. The number of rotatable bonds is 14. The summed E-state index contributed by atoms with van der Waals surface area (Å²) in [5.41, 5.74) is 4.07. The van der Waals surface area contributed by atoms with Crippen LogP contribution in [0.5, 0.6) is 0 Å². The SMILES string of the molecule is C=C/C(=C(\N=CC)[C@H](C)OC)c1c(CC(C)(C)CO)c2cc(-c3cnc(C[C@H](NC(=O)OC(C)(C)C)C(=O)O)o3)ccc2n1CC. The van der Waals surface area contributed by atoms with Gasteiger partial charge in [-0.2, -0.15) is 0 Å². The highest BCUT2D eigenvalue weighted by Crippen LogP contribution is 2.39. The first-order chi connectivity index (χ1) is 21.6. The molecule has 2 atom stereocenters. The Morgan fingerprint density at radius 2 is 1.93 bits per heavy atom. The molecule has 2 aromatic heterocycles. The van der Waals surface area contributed by atoms with Gasteiger partial charge in [-0.15, -0.1) is 0 Å². The lowest BCUT2D eigenvalue weighted by molar-refractivity contribution is -0.139. The van der Waals surface area contributed by atoms with Crippen LogP contribution in [0.15, 0.2) is 52.2 Å². The molecule has 0 radical (unpaired) electrons. The van der Waals surface area contributed by atoms with Gasteiger partial charge in [0.2, 0.25) is 0 Å². The fraction of sp³-hybridized carbons (Fsp3) is 0.486. The van der Waals surface area contributed by atoms with Crippen LogP contribution in [0.2, 0.25) is 0 Å². The van der Waals surface area contributed by atoms with Crippen LogP contribution in [0.25, 0.3) is 27.8 Å². The topological polar surface area (TPSA) is 148 Å². The van der Waals surface area contributed by atoms with Crippen LogP contribution in [0.4, 0.5) is 4.79 Å². The molecule has 0 aliphatic carbocycles. The third-order valence-electron chi connectivity index (χ3n) is 7.52. The molecule has 1 amide bonds. The lowest BCUT2D eigenvalue weighted by atomic mass is 9.84. The van der Waals surface area contributed by atoms with Crippen molar-refractivity contribution < 1.29 is 33.7 Å². The number of aliphatic hydroxyl groups is 1. The number of carbonyl (C=O) groups is 2. The summed E-state index contributed by atoms with van der Waals surface area (Å²) in [5, 5.41) is 23.3. The number of alkyl carbamates (subject to hydrolysis) is 1. The summed E-state index contributed by atoms with van der Waals surface area (Å²) in [7, 11) is 1.64. The lowest BCUT2D eigenvalue weighted by Gasteiger charge is -2.24. The minimum atomic E-state index is -1.30. The van der Waals surface area contributed by atoms with E-state index < -0.39 is 29.1 Å². The summed E-state index contributed by atoms with van der Waals surface area (Å²) in [6.07, 6.45) is 4.34. The Morgan fingerprint density at radius 1 is 1.24 bits per heavy atom. The second-order valence-electron chi connectivity index (χ2n) is 12.9. The van der Waals surface area contributed by atoms with E-state index >= 15 is 0 Å². The van der Waals surface area contributed by atoms with E-state index in [9.17, 15) is 19.8 Å². The minimum absolute atomic E-state index is 0.0138. The molecule has 0 aliphatic rings. The first-order valence-corrected chi connectivity index (χ1v) is 15.4. The molecule has 11 heteroatoms. The summed E-state index contributed by atoms with van der Waals surface area (Å²) >= 11 is 0. The number of aliphatic imine (C=N–C) groups is 1. The summed E-state index contributed by atoms with van der Waals surface area (Å²) < 4.78 is 19.1. The maximum Gasteiger partial charge on any atom is 0.408 e. The number of hydrogen-bond donors (Lipinski definition) is 3. The number of benzene rings is 1. The molecule has 0 saturated carbocycles. The molecule has 250 valence electrons. The third-order valence-corrected chi connectivity index (χ3v) is 7.52. The summed E-state index contributed by atoms with van der Waals surface area (Å²) in [4.78, 5) is 33.1. The second kappa shape index (κ2) is 14.9. The van der Waals surface area contributed by atoms with E-state index in [1.54, 1.807) is 40.3 Å². The van der Waals surface area contributed by atoms with Crippen molar-refractivity contribution in [1.29, 1.82) is 0 Å². The van der Waals surface area contributed by atoms with Gasteiger partial charge in [-0.25, -0.2) is 14.6 Å². The number of methoxy groups -OCH3 is 1. The predicted octanol–water partition coefficient (Wildman–Crippen LogP) is 6.42. The molecule has 0 spiro atoms. The molecule has 3 N–H and O–H groups in total. The number of fused-ring (bicyclic) bond motifs is 1. The molecule has 46 heavy (non-hydrogen) atoms. The summed E-state index contributed by atoms with van der Waals surface area (Å²) in [5.74, 6) is -0.642. The van der Waals surface area contributed by atoms with Gasteiger partial charge in [-0.05, 0) is 77.1 Å². The monoisotopic (exact) mass is 636 g/mol. The van der Waals surface area contributed by atoms with Gasteiger partial charge >= 0.3 is 12.1 Å². The zero-order chi connectivity index (χ0) is 34.4. The zero-order valence-electron chi connectivity index (χ0n) is 28.4. The van der Waals surface area contributed by atoms with Crippen LogP contribution >= 0.6 is 0 Å². The number of aliphatic hydroxyl groups excluding tert-OH is 1. The van der Waals surface area contributed by atoms with Gasteiger partial charge in [0.1, 0.15) is 11.6 Å². The predicted molar refractivity (Wildman–Crippen MR) is 180 cm³/mol. The average Bonchev–Trinajstić information content (AvgIpc) is 3.57. The van der Waals surface area contributed by atoms with Crippen LogP contribution in [0.1, 0.15) is 72.5 Å². The number of ether oxygens (including phenoxy) is 2. The molecule has 11 nitrogen and oxygen atoms in total. The van der Waals surface area contributed by atoms with Crippen molar-refractivity contribution in [3.8, 4) is 11.3 Å². The van der Waals surface area contributed by atoms with Gasteiger partial charge < -0.3 is 34.0 Å². The van der Waals surface area contributed by atoms with E-state index in [1.807, 2.05) is 52.0 Å². The number of carbonyl (C=O) groups excluding carboxylic acids is 1. The molecule has 3 rings (SSSR count). The highest BCUT2D eigenvalue weighted by atomic mass is 16.6. The zero-order valence-corrected chi connectivity index (χ0v) is 28.4. The molecule has 0 fully saturated rings. The number of carboxylic acids is 1. The van der Waals surface area contributed by atoms with Crippen LogP contribution in [-0.4, -0.2) is 69.5 Å². The lowest BCUT2D eigenvalue weighted by Crippen LogP contribution is -2.44. The molecule has 3 aromatic rings. The van der Waals surface area contributed by atoms with Crippen molar-refractivity contribution in [2.75, 3.05) is 13.7 Å². The number of allylic oxidation sites excluding steroid dienone is 2. The van der Waals surface area contributed by atoms with Gasteiger partial charge in [0.05, 0.1) is 30.1 Å². The van der Waals surface area contributed by atoms with Crippen molar-refractivity contribution in [1.82, 2.24) is 14.9 Å². The van der Waals surface area contributed by atoms with Crippen LogP contribution in [-0.2, 0) is 33.7 Å². The van der Waals surface area contributed by atoms with E-state index in [2.05, 4.69) is 33.4 Å². The molecule has 0 saturated heterocycles. The Kier molecular flexibility index (Phi) is 11.8. The number of amides is 1. The normalized spacial score (nSPS) is 14.3. The second-order valence-corrected chi connectivity index (χ2v) is 12.9. The van der Waals surface area contributed by atoms with Gasteiger partial charge in [0.15, 0.2) is 11.7 Å². The van der Waals surface area contributed by atoms with E-state index in [1.165, 1.54) is 0 Å². The molecule has 2 heterocycles.